The van der Waals surface area contributed by atoms with Crippen molar-refractivity contribution in [2.75, 3.05) is 51.5 Å². The number of anilines is 1. The SMILES string of the molecule is COc1cc2ncnc(N3CCN(C(=O)CP(O)O)CC3)c2cc1OC. The van der Waals surface area contributed by atoms with Crippen molar-refractivity contribution in [1.29, 1.82) is 0 Å². The summed E-state index contributed by atoms with van der Waals surface area (Å²) in [5.41, 5.74) is 0.748. The zero-order valence-electron chi connectivity index (χ0n) is 14.6. The lowest BCUT2D eigenvalue weighted by Crippen LogP contribution is -2.49. The van der Waals surface area contributed by atoms with Gasteiger partial charge in [0.1, 0.15) is 12.1 Å². The minimum atomic E-state index is -2.20. The smallest absolute Gasteiger partial charge is 0.231 e. The van der Waals surface area contributed by atoms with Crippen molar-refractivity contribution in [1.82, 2.24) is 14.9 Å². The highest BCUT2D eigenvalue weighted by Gasteiger charge is 2.24. The van der Waals surface area contributed by atoms with E-state index in [0.29, 0.717) is 37.7 Å². The van der Waals surface area contributed by atoms with Crippen LogP contribution in [-0.4, -0.2) is 77.1 Å². The Morgan fingerprint density at radius 2 is 1.77 bits per heavy atom. The third-order valence-corrected chi connectivity index (χ3v) is 4.88. The molecular weight excluding hydrogens is 359 g/mol. The topological polar surface area (TPSA) is 108 Å². The van der Waals surface area contributed by atoms with Gasteiger partial charge in [0, 0.05) is 37.6 Å². The summed E-state index contributed by atoms with van der Waals surface area (Å²) in [7, 11) is 0.949. The molecule has 10 heteroatoms. The average molecular weight is 380 g/mol. The van der Waals surface area contributed by atoms with Crippen molar-refractivity contribution >= 4 is 31.0 Å². The van der Waals surface area contributed by atoms with Crippen molar-refractivity contribution < 1.29 is 24.1 Å². The molecule has 2 N–H and O–H groups in total. The van der Waals surface area contributed by atoms with Crippen LogP contribution in [-0.2, 0) is 4.79 Å². The number of ether oxygens (including phenoxy) is 2. The monoisotopic (exact) mass is 380 g/mol. The van der Waals surface area contributed by atoms with Gasteiger partial charge in [-0.3, -0.25) is 4.79 Å². The van der Waals surface area contributed by atoms with E-state index in [2.05, 4.69) is 14.9 Å². The van der Waals surface area contributed by atoms with Gasteiger partial charge in [-0.05, 0) is 6.07 Å². The van der Waals surface area contributed by atoms with E-state index in [4.69, 9.17) is 19.3 Å². The Balaban J connectivity index is 1.82. The minimum Gasteiger partial charge on any atom is -0.493 e. The second-order valence-corrected chi connectivity index (χ2v) is 6.88. The van der Waals surface area contributed by atoms with Crippen molar-refractivity contribution in [2.45, 2.75) is 0 Å². The quantitative estimate of drug-likeness (QED) is 0.726. The molecule has 2 heterocycles. The predicted molar refractivity (Wildman–Crippen MR) is 97.7 cm³/mol. The molecule has 0 unspecified atom stereocenters. The third-order valence-electron chi connectivity index (χ3n) is 4.33. The fraction of sp³-hybridized carbons (Fsp3) is 0.438. The Hall–Kier alpha value is -2.22. The van der Waals surface area contributed by atoms with Gasteiger partial charge in [0.05, 0.1) is 25.9 Å². The van der Waals surface area contributed by atoms with Crippen LogP contribution in [0.3, 0.4) is 0 Å². The molecule has 140 valence electrons. The van der Waals surface area contributed by atoms with E-state index in [-0.39, 0.29) is 12.1 Å². The van der Waals surface area contributed by atoms with E-state index >= 15 is 0 Å². The second-order valence-electron chi connectivity index (χ2n) is 5.82. The van der Waals surface area contributed by atoms with Gasteiger partial charge < -0.3 is 29.1 Å². The van der Waals surface area contributed by atoms with Crippen LogP contribution in [0.15, 0.2) is 18.5 Å². The molecule has 1 aliphatic heterocycles. The summed E-state index contributed by atoms with van der Waals surface area (Å²) < 4.78 is 10.7. The number of carbonyl (C=O) groups excluding carboxylic acids is 1. The molecule has 1 aromatic heterocycles. The number of rotatable bonds is 5. The molecule has 0 saturated carbocycles. The standard InChI is InChI=1S/C16H21N4O5P/c1-24-13-7-11-12(8-14(13)25-2)17-10-18-16(11)20-5-3-19(4-6-20)15(21)9-26(22)23/h7-8,10,22-23H,3-6,9H2,1-2H3. The number of carbonyl (C=O) groups is 1. The van der Waals surface area contributed by atoms with E-state index in [1.54, 1.807) is 19.1 Å². The average Bonchev–Trinajstić information content (AvgIpc) is 2.65. The number of fused-ring (bicyclic) bond motifs is 1. The predicted octanol–water partition coefficient (Wildman–Crippen LogP) is 0.592. The zero-order valence-corrected chi connectivity index (χ0v) is 15.5. The lowest BCUT2D eigenvalue weighted by molar-refractivity contribution is -0.128. The van der Waals surface area contributed by atoms with Crippen LogP contribution in [0.1, 0.15) is 0 Å². The Morgan fingerprint density at radius 3 is 2.38 bits per heavy atom. The van der Waals surface area contributed by atoms with Crippen molar-refractivity contribution in [3.63, 3.8) is 0 Å². The van der Waals surface area contributed by atoms with Crippen LogP contribution in [0.4, 0.5) is 5.82 Å². The summed E-state index contributed by atoms with van der Waals surface area (Å²) in [5, 5.41) is 0.846. The van der Waals surface area contributed by atoms with Crippen molar-refractivity contribution in [3.8, 4) is 11.5 Å². The van der Waals surface area contributed by atoms with Gasteiger partial charge in [-0.15, -0.1) is 0 Å². The fourth-order valence-electron chi connectivity index (χ4n) is 3.01. The van der Waals surface area contributed by atoms with Crippen molar-refractivity contribution in [2.24, 2.45) is 0 Å². The molecule has 1 saturated heterocycles. The molecule has 0 aliphatic carbocycles. The zero-order chi connectivity index (χ0) is 18.7. The van der Waals surface area contributed by atoms with Crippen molar-refractivity contribution in [3.05, 3.63) is 18.5 Å². The summed E-state index contributed by atoms with van der Waals surface area (Å²) in [5.74, 6) is 1.74. The first-order chi connectivity index (χ1) is 12.5. The van der Waals surface area contributed by atoms with Gasteiger partial charge in [-0.2, -0.15) is 0 Å². The third kappa shape index (κ3) is 3.80. The van der Waals surface area contributed by atoms with Gasteiger partial charge in [-0.1, -0.05) is 0 Å². The first-order valence-electron chi connectivity index (χ1n) is 8.08. The Labute approximate surface area is 152 Å². The second kappa shape index (κ2) is 7.99. The molecule has 0 spiro atoms. The molecule has 1 amide bonds. The van der Waals surface area contributed by atoms with Gasteiger partial charge in [0.15, 0.2) is 19.9 Å². The molecule has 0 radical (unpaired) electrons. The fourth-order valence-corrected chi connectivity index (χ4v) is 3.45. The number of nitrogens with zero attached hydrogens (tertiary/aromatic N) is 4. The number of benzene rings is 1. The van der Waals surface area contributed by atoms with Gasteiger partial charge in [-0.25, -0.2) is 9.97 Å². The van der Waals surface area contributed by atoms with E-state index < -0.39 is 8.38 Å². The van der Waals surface area contributed by atoms with E-state index in [1.807, 2.05) is 12.1 Å². The lowest BCUT2D eigenvalue weighted by Gasteiger charge is -2.35. The number of amides is 1. The summed E-state index contributed by atoms with van der Waals surface area (Å²) >= 11 is 0. The minimum absolute atomic E-state index is 0.219. The maximum absolute atomic E-state index is 12.0. The Kier molecular flexibility index (Phi) is 5.70. The van der Waals surface area contributed by atoms with Gasteiger partial charge in [0.25, 0.3) is 0 Å². The number of hydrogen-bond donors (Lipinski definition) is 2. The molecule has 0 bridgehead atoms. The van der Waals surface area contributed by atoms with Crippen LogP contribution in [0, 0.1) is 0 Å². The van der Waals surface area contributed by atoms with Crippen LogP contribution in [0.25, 0.3) is 10.9 Å². The number of piperazine rings is 1. The molecule has 0 atom stereocenters. The van der Waals surface area contributed by atoms with Crippen LogP contribution in [0.5, 0.6) is 11.5 Å². The van der Waals surface area contributed by atoms with Gasteiger partial charge >= 0.3 is 0 Å². The Morgan fingerprint density at radius 1 is 1.12 bits per heavy atom. The Bertz CT molecular complexity index is 796. The number of hydrogen-bond acceptors (Lipinski definition) is 8. The largest absolute Gasteiger partial charge is 0.493 e. The first kappa shape index (κ1) is 18.6. The van der Waals surface area contributed by atoms with Gasteiger partial charge in [0.2, 0.25) is 5.91 Å². The molecule has 1 aliphatic rings. The molecule has 9 nitrogen and oxygen atoms in total. The summed E-state index contributed by atoms with van der Waals surface area (Å²) in [6.07, 6.45) is 1.29. The number of aromatic nitrogens is 2. The van der Waals surface area contributed by atoms with E-state index in [9.17, 15) is 4.79 Å². The maximum atomic E-state index is 12.0. The summed E-state index contributed by atoms with van der Waals surface area (Å²) in [6.45, 7) is 2.20. The summed E-state index contributed by atoms with van der Waals surface area (Å²) in [6, 6.07) is 3.66. The molecule has 2 aromatic rings. The number of methoxy groups -OCH3 is 2. The van der Waals surface area contributed by atoms with Crippen LogP contribution >= 0.6 is 8.38 Å². The molecule has 1 aromatic carbocycles. The molecular formula is C16H21N4O5P. The summed E-state index contributed by atoms with van der Waals surface area (Å²) in [4.78, 5) is 42.5. The lowest BCUT2D eigenvalue weighted by atomic mass is 10.2. The molecule has 26 heavy (non-hydrogen) atoms. The van der Waals surface area contributed by atoms with E-state index in [1.165, 1.54) is 6.33 Å². The van der Waals surface area contributed by atoms with Crippen LogP contribution in [0.2, 0.25) is 0 Å². The normalized spacial score (nSPS) is 14.8. The van der Waals surface area contributed by atoms with Crippen LogP contribution < -0.4 is 14.4 Å². The highest BCUT2D eigenvalue weighted by Crippen LogP contribution is 2.35. The molecule has 1 fully saturated rings. The van der Waals surface area contributed by atoms with E-state index in [0.717, 1.165) is 16.7 Å². The first-order valence-corrected chi connectivity index (χ1v) is 9.51. The highest BCUT2D eigenvalue weighted by molar-refractivity contribution is 7.46. The highest BCUT2D eigenvalue weighted by atomic mass is 31.2. The maximum Gasteiger partial charge on any atom is 0.231 e. The molecule has 3 rings (SSSR count).